The summed E-state index contributed by atoms with van der Waals surface area (Å²) in [5.41, 5.74) is 1.38. The Morgan fingerprint density at radius 2 is 1.81 bits per heavy atom. The van der Waals surface area contributed by atoms with E-state index < -0.39 is 0 Å². The first-order chi connectivity index (χ1) is 9.60. The number of allylic oxidation sites excluding steroid dienone is 3. The number of esters is 1. The normalized spacial score (nSPS) is 14.8. The smallest absolute Gasteiger partial charge is 0.331 e. The van der Waals surface area contributed by atoms with Crippen molar-refractivity contribution in [2.24, 2.45) is 11.3 Å². The second kappa shape index (κ2) is 9.81. The molecule has 122 valence electrons. The first-order valence-corrected chi connectivity index (χ1v) is 8.15. The van der Waals surface area contributed by atoms with Gasteiger partial charge in [0.25, 0.3) is 0 Å². The molecular weight excluding hydrogens is 260 g/mol. The first kappa shape index (κ1) is 19.9. The summed E-state index contributed by atoms with van der Waals surface area (Å²) in [4.78, 5) is 11.5. The number of ether oxygens (including phenoxy) is 1. The summed E-state index contributed by atoms with van der Waals surface area (Å²) in [7, 11) is 0. The third-order valence-corrected chi connectivity index (χ3v) is 3.24. The number of carbonyl (C=O) groups excluding carboxylic acids is 1. The molecule has 0 rings (SSSR count). The molecule has 2 nitrogen and oxygen atoms in total. The molecule has 0 aromatic carbocycles. The topological polar surface area (TPSA) is 26.3 Å². The van der Waals surface area contributed by atoms with E-state index in [1.165, 1.54) is 19.3 Å². The maximum absolute atomic E-state index is 11.5. The molecule has 0 bridgehead atoms. The minimum atomic E-state index is -0.259. The van der Waals surface area contributed by atoms with Crippen LogP contribution in [0.4, 0.5) is 0 Å². The zero-order valence-electron chi connectivity index (χ0n) is 15.0. The van der Waals surface area contributed by atoms with E-state index >= 15 is 0 Å². The molecule has 0 aliphatic carbocycles. The van der Waals surface area contributed by atoms with Gasteiger partial charge in [-0.2, -0.15) is 0 Å². The van der Waals surface area contributed by atoms with Gasteiger partial charge in [-0.15, -0.1) is 0 Å². The van der Waals surface area contributed by atoms with Crippen molar-refractivity contribution in [3.05, 3.63) is 23.8 Å². The van der Waals surface area contributed by atoms with Gasteiger partial charge in [-0.1, -0.05) is 52.7 Å². The molecule has 0 radical (unpaired) electrons. The molecule has 0 N–H and O–H groups in total. The van der Waals surface area contributed by atoms with Gasteiger partial charge in [0.2, 0.25) is 0 Å². The molecular formula is C19H34O2. The van der Waals surface area contributed by atoms with Gasteiger partial charge in [0.05, 0.1) is 6.10 Å². The van der Waals surface area contributed by atoms with Crippen LogP contribution in [-0.4, -0.2) is 12.1 Å². The fourth-order valence-electron chi connectivity index (χ4n) is 2.09. The lowest BCUT2D eigenvalue weighted by Gasteiger charge is -2.18. The van der Waals surface area contributed by atoms with Crippen LogP contribution in [0.5, 0.6) is 0 Å². The third kappa shape index (κ3) is 13.7. The van der Waals surface area contributed by atoms with Gasteiger partial charge >= 0.3 is 5.97 Å². The Labute approximate surface area is 131 Å². The SMILES string of the molecule is CC(/C=C/CC(C)CCCC(C)(C)C)=C\C(=O)OC(C)C. The summed E-state index contributed by atoms with van der Waals surface area (Å²) in [5, 5.41) is 0. The zero-order chi connectivity index (χ0) is 16.5. The molecule has 0 aromatic rings. The summed E-state index contributed by atoms with van der Waals surface area (Å²) in [5.74, 6) is 0.435. The summed E-state index contributed by atoms with van der Waals surface area (Å²) >= 11 is 0. The highest BCUT2D eigenvalue weighted by Crippen LogP contribution is 2.24. The molecule has 2 heteroatoms. The Balaban J connectivity index is 4.03. The highest BCUT2D eigenvalue weighted by molar-refractivity contribution is 5.83. The van der Waals surface area contributed by atoms with Crippen molar-refractivity contribution >= 4 is 5.97 Å². The van der Waals surface area contributed by atoms with Crippen LogP contribution in [0.25, 0.3) is 0 Å². The van der Waals surface area contributed by atoms with E-state index in [0.717, 1.165) is 12.0 Å². The van der Waals surface area contributed by atoms with E-state index in [1.54, 1.807) is 6.08 Å². The van der Waals surface area contributed by atoms with Crippen LogP contribution in [0, 0.1) is 11.3 Å². The maximum Gasteiger partial charge on any atom is 0.331 e. The monoisotopic (exact) mass is 294 g/mol. The number of hydrogen-bond donors (Lipinski definition) is 0. The van der Waals surface area contributed by atoms with Crippen LogP contribution in [0.2, 0.25) is 0 Å². The molecule has 0 saturated carbocycles. The molecule has 0 aliphatic rings. The van der Waals surface area contributed by atoms with Crippen LogP contribution < -0.4 is 0 Å². The molecule has 0 aliphatic heterocycles. The van der Waals surface area contributed by atoms with Crippen LogP contribution in [-0.2, 0) is 9.53 Å². The van der Waals surface area contributed by atoms with Gasteiger partial charge in [0, 0.05) is 6.08 Å². The lowest BCUT2D eigenvalue weighted by Crippen LogP contribution is -2.08. The van der Waals surface area contributed by atoms with E-state index in [1.807, 2.05) is 26.8 Å². The van der Waals surface area contributed by atoms with E-state index in [2.05, 4.69) is 33.8 Å². The minimum Gasteiger partial charge on any atom is -0.460 e. The predicted molar refractivity (Wildman–Crippen MR) is 91.2 cm³/mol. The Hall–Kier alpha value is -1.05. The highest BCUT2D eigenvalue weighted by atomic mass is 16.5. The van der Waals surface area contributed by atoms with Gasteiger partial charge in [0.1, 0.15) is 0 Å². The molecule has 0 saturated heterocycles. The summed E-state index contributed by atoms with van der Waals surface area (Å²) in [6.07, 6.45) is 10.6. The van der Waals surface area contributed by atoms with Gasteiger partial charge in [-0.05, 0) is 50.5 Å². The van der Waals surface area contributed by atoms with Crippen LogP contribution >= 0.6 is 0 Å². The third-order valence-electron chi connectivity index (χ3n) is 3.24. The van der Waals surface area contributed by atoms with Crippen molar-refractivity contribution in [3.8, 4) is 0 Å². The molecule has 0 spiro atoms. The molecule has 1 atom stereocenters. The number of carbonyl (C=O) groups is 1. The van der Waals surface area contributed by atoms with Crippen LogP contribution in [0.1, 0.15) is 74.1 Å². The Bertz CT molecular complexity index is 356. The molecule has 0 heterocycles. The quantitative estimate of drug-likeness (QED) is 0.327. The standard InChI is InChI=1S/C19H34O2/c1-15(2)21-18(20)14-17(4)11-8-10-16(3)12-9-13-19(5,6)7/h8,11,14-16H,9-10,12-13H2,1-7H3/b11-8+,17-14+. The fourth-order valence-corrected chi connectivity index (χ4v) is 2.09. The van der Waals surface area contributed by atoms with Gasteiger partial charge in [-0.25, -0.2) is 4.79 Å². The van der Waals surface area contributed by atoms with E-state index in [4.69, 9.17) is 4.74 Å². The summed E-state index contributed by atoms with van der Waals surface area (Å²) in [6.45, 7) is 14.8. The summed E-state index contributed by atoms with van der Waals surface area (Å²) in [6, 6.07) is 0. The predicted octanol–water partition coefficient (Wildman–Crippen LogP) is 5.68. The maximum atomic E-state index is 11.5. The van der Waals surface area contributed by atoms with Crippen molar-refractivity contribution < 1.29 is 9.53 Å². The minimum absolute atomic E-state index is 0.0617. The lowest BCUT2D eigenvalue weighted by atomic mass is 9.87. The molecule has 21 heavy (non-hydrogen) atoms. The number of rotatable bonds is 8. The van der Waals surface area contributed by atoms with Crippen molar-refractivity contribution in [1.29, 1.82) is 0 Å². The first-order valence-electron chi connectivity index (χ1n) is 8.15. The molecule has 0 amide bonds. The summed E-state index contributed by atoms with van der Waals surface area (Å²) < 4.78 is 5.08. The average molecular weight is 294 g/mol. The average Bonchev–Trinajstić information content (AvgIpc) is 2.25. The van der Waals surface area contributed by atoms with E-state index in [9.17, 15) is 4.79 Å². The van der Waals surface area contributed by atoms with Gasteiger partial charge < -0.3 is 4.74 Å². The Morgan fingerprint density at radius 1 is 1.19 bits per heavy atom. The fraction of sp³-hybridized carbons (Fsp3) is 0.737. The van der Waals surface area contributed by atoms with Crippen molar-refractivity contribution in [2.75, 3.05) is 0 Å². The number of hydrogen-bond acceptors (Lipinski definition) is 2. The highest BCUT2D eigenvalue weighted by Gasteiger charge is 2.10. The molecule has 1 unspecified atom stereocenters. The zero-order valence-corrected chi connectivity index (χ0v) is 15.0. The molecule has 0 aromatic heterocycles. The Morgan fingerprint density at radius 3 is 2.33 bits per heavy atom. The second-order valence-corrected chi connectivity index (χ2v) is 7.57. The van der Waals surface area contributed by atoms with Crippen LogP contribution in [0.15, 0.2) is 23.8 Å². The van der Waals surface area contributed by atoms with Crippen LogP contribution in [0.3, 0.4) is 0 Å². The lowest BCUT2D eigenvalue weighted by molar-refractivity contribution is -0.141. The van der Waals surface area contributed by atoms with E-state index in [0.29, 0.717) is 11.3 Å². The van der Waals surface area contributed by atoms with E-state index in [-0.39, 0.29) is 12.1 Å². The van der Waals surface area contributed by atoms with Gasteiger partial charge in [-0.3, -0.25) is 0 Å². The van der Waals surface area contributed by atoms with Crippen molar-refractivity contribution in [3.63, 3.8) is 0 Å². The second-order valence-electron chi connectivity index (χ2n) is 7.57. The Kier molecular flexibility index (Phi) is 9.32. The molecule has 0 fully saturated rings. The largest absolute Gasteiger partial charge is 0.460 e. The van der Waals surface area contributed by atoms with Gasteiger partial charge in [0.15, 0.2) is 0 Å². The van der Waals surface area contributed by atoms with Crippen molar-refractivity contribution in [2.45, 2.75) is 80.3 Å². The van der Waals surface area contributed by atoms with Crippen molar-refractivity contribution in [1.82, 2.24) is 0 Å².